The van der Waals surface area contributed by atoms with Crippen LogP contribution in [0.4, 0.5) is 0 Å². The van der Waals surface area contributed by atoms with Crippen LogP contribution in [0.5, 0.6) is 0 Å². The molecule has 1 aromatic rings. The van der Waals surface area contributed by atoms with E-state index in [1.165, 1.54) is 5.56 Å². The van der Waals surface area contributed by atoms with E-state index in [1.54, 1.807) is 0 Å². The van der Waals surface area contributed by atoms with Gasteiger partial charge < -0.3 is 9.47 Å². The number of hydrogen-bond donors (Lipinski definition) is 0. The Balaban J connectivity index is 1.58. The van der Waals surface area contributed by atoms with Gasteiger partial charge in [-0.1, -0.05) is 30.3 Å². The molecular weight excluding hydrogens is 202 g/mol. The van der Waals surface area contributed by atoms with Crippen LogP contribution >= 0.6 is 0 Å². The number of morpholine rings is 1. The lowest BCUT2D eigenvalue weighted by atomic mass is 10.1. The van der Waals surface area contributed by atoms with Gasteiger partial charge in [0.05, 0.1) is 19.3 Å². The maximum absolute atomic E-state index is 5.70. The first-order valence-electron chi connectivity index (χ1n) is 5.91. The first-order chi connectivity index (χ1) is 7.92. The van der Waals surface area contributed by atoms with Crippen molar-refractivity contribution in [1.82, 2.24) is 4.90 Å². The van der Waals surface area contributed by atoms with Crippen molar-refractivity contribution in [2.24, 2.45) is 0 Å². The molecule has 3 nitrogen and oxygen atoms in total. The molecule has 2 saturated heterocycles. The monoisotopic (exact) mass is 219 g/mol. The molecule has 1 aromatic carbocycles. The lowest BCUT2D eigenvalue weighted by Gasteiger charge is -2.32. The summed E-state index contributed by atoms with van der Waals surface area (Å²) in [6, 6.07) is 10.6. The molecule has 1 unspecified atom stereocenters. The molecule has 3 heteroatoms. The summed E-state index contributed by atoms with van der Waals surface area (Å²) in [5.41, 5.74) is 1.37. The molecule has 86 valence electrons. The SMILES string of the molecule is c1ccc(CN2CCOC([C@H]3CO3)C2)cc1. The zero-order valence-corrected chi connectivity index (χ0v) is 9.34. The second kappa shape index (κ2) is 4.53. The van der Waals surface area contributed by atoms with E-state index in [9.17, 15) is 0 Å². The molecule has 3 rings (SSSR count). The summed E-state index contributed by atoms with van der Waals surface area (Å²) in [4.78, 5) is 2.45. The summed E-state index contributed by atoms with van der Waals surface area (Å²) in [5, 5.41) is 0. The van der Waals surface area contributed by atoms with Crippen molar-refractivity contribution in [2.45, 2.75) is 18.8 Å². The molecular formula is C13H17NO2. The number of ether oxygens (including phenoxy) is 2. The number of hydrogen-bond acceptors (Lipinski definition) is 3. The fourth-order valence-corrected chi connectivity index (χ4v) is 2.21. The number of nitrogens with zero attached hydrogens (tertiary/aromatic N) is 1. The molecule has 0 N–H and O–H groups in total. The van der Waals surface area contributed by atoms with Gasteiger partial charge in [-0.05, 0) is 5.56 Å². The summed E-state index contributed by atoms with van der Waals surface area (Å²) < 4.78 is 11.0. The van der Waals surface area contributed by atoms with E-state index in [4.69, 9.17) is 9.47 Å². The summed E-state index contributed by atoms with van der Waals surface area (Å²) in [6.45, 7) is 4.76. The van der Waals surface area contributed by atoms with Gasteiger partial charge in [-0.3, -0.25) is 4.90 Å². The third-order valence-corrected chi connectivity index (χ3v) is 3.20. The molecule has 16 heavy (non-hydrogen) atoms. The Hall–Kier alpha value is -0.900. The van der Waals surface area contributed by atoms with Crippen LogP contribution < -0.4 is 0 Å². The number of rotatable bonds is 3. The average molecular weight is 219 g/mol. The summed E-state index contributed by atoms with van der Waals surface area (Å²) >= 11 is 0. The Labute approximate surface area is 96.0 Å². The highest BCUT2D eigenvalue weighted by Gasteiger charge is 2.36. The van der Waals surface area contributed by atoms with E-state index >= 15 is 0 Å². The Bertz CT molecular complexity index is 337. The minimum Gasteiger partial charge on any atom is -0.373 e. The molecule has 2 atom stereocenters. The van der Waals surface area contributed by atoms with Crippen LogP contribution in [0.15, 0.2) is 30.3 Å². The predicted octanol–water partition coefficient (Wildman–Crippen LogP) is 1.29. The smallest absolute Gasteiger partial charge is 0.108 e. The summed E-state index contributed by atoms with van der Waals surface area (Å²) in [5.74, 6) is 0. The van der Waals surface area contributed by atoms with E-state index in [1.807, 2.05) is 0 Å². The van der Waals surface area contributed by atoms with Crippen molar-refractivity contribution in [3.8, 4) is 0 Å². The van der Waals surface area contributed by atoms with Crippen LogP contribution in [-0.4, -0.2) is 43.4 Å². The van der Waals surface area contributed by atoms with Gasteiger partial charge in [0.2, 0.25) is 0 Å². The standard InChI is InChI=1S/C13H17NO2/c1-2-4-11(5-3-1)8-14-6-7-15-12(9-14)13-10-16-13/h1-5,12-13H,6-10H2/t12?,13-/m1/s1. The Morgan fingerprint density at radius 1 is 1.12 bits per heavy atom. The average Bonchev–Trinajstić information content (AvgIpc) is 3.15. The molecule has 0 saturated carbocycles. The largest absolute Gasteiger partial charge is 0.373 e. The second-order valence-corrected chi connectivity index (χ2v) is 4.50. The third-order valence-electron chi connectivity index (χ3n) is 3.20. The summed E-state index contributed by atoms with van der Waals surface area (Å²) in [6.07, 6.45) is 0.649. The van der Waals surface area contributed by atoms with Crippen LogP contribution in [0, 0.1) is 0 Å². The second-order valence-electron chi connectivity index (χ2n) is 4.50. The van der Waals surface area contributed by atoms with E-state index in [-0.39, 0.29) is 6.10 Å². The van der Waals surface area contributed by atoms with Crippen LogP contribution in [0.1, 0.15) is 5.56 Å². The van der Waals surface area contributed by atoms with Gasteiger partial charge in [-0.15, -0.1) is 0 Å². The lowest BCUT2D eigenvalue weighted by molar-refractivity contribution is -0.0432. The van der Waals surface area contributed by atoms with Crippen molar-refractivity contribution < 1.29 is 9.47 Å². The molecule has 0 amide bonds. The predicted molar refractivity (Wildman–Crippen MR) is 61.2 cm³/mol. The molecule has 2 heterocycles. The van der Waals surface area contributed by atoms with Gasteiger partial charge in [0.25, 0.3) is 0 Å². The van der Waals surface area contributed by atoms with E-state index < -0.39 is 0 Å². The fraction of sp³-hybridized carbons (Fsp3) is 0.538. The van der Waals surface area contributed by atoms with Crippen LogP contribution in [0.25, 0.3) is 0 Å². The highest BCUT2D eigenvalue weighted by atomic mass is 16.6. The zero-order chi connectivity index (χ0) is 10.8. The molecule has 2 aliphatic heterocycles. The van der Waals surface area contributed by atoms with Gasteiger partial charge >= 0.3 is 0 Å². The quantitative estimate of drug-likeness (QED) is 0.716. The molecule has 2 fully saturated rings. The molecule has 0 aliphatic carbocycles. The van der Waals surface area contributed by atoms with Gasteiger partial charge in [0, 0.05) is 19.6 Å². The number of epoxide rings is 1. The van der Waals surface area contributed by atoms with E-state index in [0.717, 1.165) is 32.8 Å². The van der Waals surface area contributed by atoms with Gasteiger partial charge in [-0.25, -0.2) is 0 Å². The summed E-state index contributed by atoms with van der Waals surface area (Å²) in [7, 11) is 0. The fourth-order valence-electron chi connectivity index (χ4n) is 2.21. The minimum atomic E-state index is 0.289. The van der Waals surface area contributed by atoms with Gasteiger partial charge in [-0.2, -0.15) is 0 Å². The molecule has 0 radical (unpaired) electrons. The van der Waals surface area contributed by atoms with Crippen LogP contribution in [0.2, 0.25) is 0 Å². The van der Waals surface area contributed by atoms with Crippen molar-refractivity contribution in [2.75, 3.05) is 26.3 Å². The first kappa shape index (κ1) is 10.3. The van der Waals surface area contributed by atoms with Crippen LogP contribution in [-0.2, 0) is 16.0 Å². The lowest BCUT2D eigenvalue weighted by Crippen LogP contribution is -2.44. The van der Waals surface area contributed by atoms with Gasteiger partial charge in [0.1, 0.15) is 6.10 Å². The Kier molecular flexibility index (Phi) is 2.91. The maximum atomic E-state index is 5.70. The van der Waals surface area contributed by atoms with E-state index in [2.05, 4.69) is 35.2 Å². The zero-order valence-electron chi connectivity index (χ0n) is 9.34. The molecule has 0 spiro atoms. The van der Waals surface area contributed by atoms with Crippen molar-refractivity contribution >= 4 is 0 Å². The highest BCUT2D eigenvalue weighted by Crippen LogP contribution is 2.21. The maximum Gasteiger partial charge on any atom is 0.108 e. The highest BCUT2D eigenvalue weighted by molar-refractivity contribution is 5.14. The van der Waals surface area contributed by atoms with Crippen molar-refractivity contribution in [1.29, 1.82) is 0 Å². The molecule has 0 bridgehead atoms. The van der Waals surface area contributed by atoms with Crippen LogP contribution in [0.3, 0.4) is 0 Å². The normalized spacial score (nSPS) is 30.2. The Morgan fingerprint density at radius 3 is 2.69 bits per heavy atom. The van der Waals surface area contributed by atoms with Gasteiger partial charge in [0.15, 0.2) is 0 Å². The molecule has 0 aromatic heterocycles. The van der Waals surface area contributed by atoms with E-state index in [0.29, 0.717) is 6.10 Å². The van der Waals surface area contributed by atoms with Crippen molar-refractivity contribution in [3.63, 3.8) is 0 Å². The molecule has 2 aliphatic rings. The first-order valence-corrected chi connectivity index (χ1v) is 5.91. The third kappa shape index (κ3) is 2.43. The Morgan fingerprint density at radius 2 is 1.94 bits per heavy atom. The minimum absolute atomic E-state index is 0.289. The number of benzene rings is 1. The van der Waals surface area contributed by atoms with Crippen molar-refractivity contribution in [3.05, 3.63) is 35.9 Å². The topological polar surface area (TPSA) is 25.0 Å².